The molecule has 0 radical (unpaired) electrons. The molecule has 0 spiro atoms. The summed E-state index contributed by atoms with van der Waals surface area (Å²) in [6, 6.07) is 16.0. The number of alkyl halides is 2. The van der Waals surface area contributed by atoms with Crippen molar-refractivity contribution in [2.24, 2.45) is 5.92 Å². The largest absolute Gasteiger partial charge is 0.321 e. The predicted octanol–water partition coefficient (Wildman–Crippen LogP) is 5.07. The van der Waals surface area contributed by atoms with Gasteiger partial charge in [-0.3, -0.25) is 9.59 Å². The zero-order valence-corrected chi connectivity index (χ0v) is 16.5. The van der Waals surface area contributed by atoms with Crippen molar-refractivity contribution in [1.29, 1.82) is 0 Å². The van der Waals surface area contributed by atoms with Crippen LogP contribution < -0.4 is 10.6 Å². The number of benzene rings is 2. The van der Waals surface area contributed by atoms with Crippen LogP contribution in [-0.4, -0.2) is 16.8 Å². The van der Waals surface area contributed by atoms with Gasteiger partial charge in [0.25, 0.3) is 11.8 Å². The highest BCUT2D eigenvalue weighted by Crippen LogP contribution is 2.39. The number of hydrogen-bond acceptors (Lipinski definition) is 3. The van der Waals surface area contributed by atoms with Crippen molar-refractivity contribution >= 4 is 23.3 Å². The summed E-state index contributed by atoms with van der Waals surface area (Å²) in [6.45, 7) is 3.46. The Kier molecular flexibility index (Phi) is 6.20. The van der Waals surface area contributed by atoms with Crippen molar-refractivity contribution in [3.63, 3.8) is 0 Å². The van der Waals surface area contributed by atoms with E-state index < -0.39 is 11.8 Å². The smallest absolute Gasteiger partial charge is 0.300 e. The van der Waals surface area contributed by atoms with E-state index in [1.165, 1.54) is 60.8 Å². The van der Waals surface area contributed by atoms with Gasteiger partial charge in [0.1, 0.15) is 5.82 Å². The van der Waals surface area contributed by atoms with Crippen LogP contribution in [-0.2, 0) is 10.7 Å². The molecule has 0 unspecified atom stereocenters. The van der Waals surface area contributed by atoms with Crippen LogP contribution in [0.15, 0.2) is 72.9 Å². The fraction of sp³-hybridized carbons (Fsp3) is 0.174. The first kappa shape index (κ1) is 21.1. The molecule has 0 saturated heterocycles. The summed E-state index contributed by atoms with van der Waals surface area (Å²) in [6.07, 6.45) is 1.37. The van der Waals surface area contributed by atoms with Crippen LogP contribution >= 0.6 is 0 Å². The second kappa shape index (κ2) is 8.82. The number of halogens is 2. The Morgan fingerprint density at radius 3 is 2.30 bits per heavy atom. The van der Waals surface area contributed by atoms with Crippen LogP contribution in [0.25, 0.3) is 0 Å². The van der Waals surface area contributed by atoms with Crippen molar-refractivity contribution in [2.45, 2.75) is 19.8 Å². The van der Waals surface area contributed by atoms with E-state index in [1.54, 1.807) is 26.0 Å². The van der Waals surface area contributed by atoms with Crippen molar-refractivity contribution in [3.8, 4) is 0 Å². The Labute approximate surface area is 173 Å². The van der Waals surface area contributed by atoms with Crippen molar-refractivity contribution in [1.82, 2.24) is 4.98 Å². The summed E-state index contributed by atoms with van der Waals surface area (Å²) in [5.74, 6) is -4.16. The minimum Gasteiger partial charge on any atom is -0.321 e. The first-order valence-electron chi connectivity index (χ1n) is 9.40. The number of hydrogen-bond donors (Lipinski definition) is 2. The van der Waals surface area contributed by atoms with E-state index in [0.717, 1.165) is 0 Å². The van der Waals surface area contributed by atoms with Gasteiger partial charge in [-0.05, 0) is 18.2 Å². The van der Waals surface area contributed by atoms with Crippen LogP contribution in [0.4, 0.5) is 20.3 Å². The topological polar surface area (TPSA) is 71.1 Å². The van der Waals surface area contributed by atoms with Gasteiger partial charge < -0.3 is 10.6 Å². The molecule has 30 heavy (non-hydrogen) atoms. The maximum atomic E-state index is 15.1. The lowest BCUT2D eigenvalue weighted by atomic mass is 9.98. The number of nitrogens with one attached hydrogen (secondary N) is 2. The number of anilines is 2. The molecule has 5 nitrogen and oxygen atoms in total. The van der Waals surface area contributed by atoms with E-state index >= 15 is 8.78 Å². The lowest BCUT2D eigenvalue weighted by molar-refractivity contribution is -0.118. The summed E-state index contributed by atoms with van der Waals surface area (Å²) in [7, 11) is 0. The van der Waals surface area contributed by atoms with Gasteiger partial charge in [0.15, 0.2) is 0 Å². The van der Waals surface area contributed by atoms with Crippen LogP contribution in [0.5, 0.6) is 0 Å². The molecule has 3 rings (SSSR count). The first-order valence-corrected chi connectivity index (χ1v) is 9.40. The summed E-state index contributed by atoms with van der Waals surface area (Å²) in [4.78, 5) is 28.6. The van der Waals surface area contributed by atoms with Crippen LogP contribution in [0, 0.1) is 5.92 Å². The van der Waals surface area contributed by atoms with Crippen molar-refractivity contribution < 1.29 is 18.4 Å². The molecule has 0 bridgehead atoms. The highest BCUT2D eigenvalue weighted by Gasteiger charge is 2.36. The molecule has 2 aromatic carbocycles. The molecule has 0 aliphatic carbocycles. The molecular formula is C23H21F2N3O2. The molecule has 2 amide bonds. The quantitative estimate of drug-likeness (QED) is 0.597. The second-order valence-electron chi connectivity index (χ2n) is 7.01. The number of carbonyl (C=O) groups excluding carboxylic acids is 2. The molecule has 154 valence electrons. The number of para-hydroxylation sites is 1. The highest BCUT2D eigenvalue weighted by molar-refractivity contribution is 6.05. The molecule has 0 atom stereocenters. The van der Waals surface area contributed by atoms with Crippen LogP contribution in [0.1, 0.15) is 35.3 Å². The highest BCUT2D eigenvalue weighted by atomic mass is 19.3. The summed E-state index contributed by atoms with van der Waals surface area (Å²) < 4.78 is 30.2. The lowest BCUT2D eigenvalue weighted by Gasteiger charge is -2.21. The van der Waals surface area contributed by atoms with E-state index in [4.69, 9.17) is 0 Å². The van der Waals surface area contributed by atoms with Gasteiger partial charge in [0, 0.05) is 28.8 Å². The zero-order chi connectivity index (χ0) is 21.7. The molecule has 1 heterocycles. The number of nitrogens with zero attached hydrogens (tertiary/aromatic N) is 1. The average Bonchev–Trinajstić information content (AvgIpc) is 2.74. The third kappa shape index (κ3) is 4.68. The summed E-state index contributed by atoms with van der Waals surface area (Å²) >= 11 is 0. The normalized spacial score (nSPS) is 11.2. The van der Waals surface area contributed by atoms with E-state index in [1.807, 2.05) is 0 Å². The van der Waals surface area contributed by atoms with E-state index in [2.05, 4.69) is 15.6 Å². The number of carbonyl (C=O) groups is 2. The molecule has 0 aliphatic rings. The Morgan fingerprint density at radius 1 is 0.933 bits per heavy atom. The monoisotopic (exact) mass is 409 g/mol. The zero-order valence-electron chi connectivity index (χ0n) is 16.5. The molecule has 2 N–H and O–H groups in total. The summed E-state index contributed by atoms with van der Waals surface area (Å²) in [5, 5.41) is 5.15. The van der Waals surface area contributed by atoms with Gasteiger partial charge in [0.05, 0.1) is 5.69 Å². The Balaban J connectivity index is 1.86. The van der Waals surface area contributed by atoms with Crippen LogP contribution in [0.3, 0.4) is 0 Å². The van der Waals surface area contributed by atoms with Gasteiger partial charge in [0.2, 0.25) is 5.91 Å². The van der Waals surface area contributed by atoms with Gasteiger partial charge >= 0.3 is 0 Å². The van der Waals surface area contributed by atoms with Gasteiger partial charge in [-0.1, -0.05) is 62.4 Å². The van der Waals surface area contributed by atoms with Crippen molar-refractivity contribution in [2.75, 3.05) is 10.6 Å². The molecule has 1 aromatic heterocycles. The molecule has 0 fully saturated rings. The second-order valence-corrected chi connectivity index (χ2v) is 7.01. The van der Waals surface area contributed by atoms with Crippen LogP contribution in [0.2, 0.25) is 0 Å². The third-order valence-electron chi connectivity index (χ3n) is 4.45. The fourth-order valence-electron chi connectivity index (χ4n) is 2.77. The van der Waals surface area contributed by atoms with E-state index in [0.29, 0.717) is 0 Å². The van der Waals surface area contributed by atoms with E-state index in [9.17, 15) is 9.59 Å². The molecule has 3 aromatic rings. The lowest BCUT2D eigenvalue weighted by Crippen LogP contribution is -2.21. The van der Waals surface area contributed by atoms with Gasteiger partial charge in [-0.25, -0.2) is 4.98 Å². The van der Waals surface area contributed by atoms with Crippen molar-refractivity contribution in [3.05, 3.63) is 89.6 Å². The molecular weight excluding hydrogens is 388 g/mol. The number of aromatic nitrogens is 1. The Hall–Kier alpha value is -3.61. The predicted molar refractivity (Wildman–Crippen MR) is 112 cm³/mol. The molecule has 0 saturated carbocycles. The number of rotatable bonds is 6. The van der Waals surface area contributed by atoms with E-state index in [-0.39, 0.29) is 40.0 Å². The molecule has 7 heteroatoms. The average molecular weight is 409 g/mol. The number of pyridine rings is 1. The Morgan fingerprint density at radius 2 is 1.60 bits per heavy atom. The minimum atomic E-state index is -3.29. The minimum absolute atomic E-state index is 0.000862. The molecule has 0 aliphatic heterocycles. The number of amides is 2. The fourth-order valence-corrected chi connectivity index (χ4v) is 2.77. The maximum absolute atomic E-state index is 15.1. The Bertz CT molecular complexity index is 1050. The summed E-state index contributed by atoms with van der Waals surface area (Å²) in [5.41, 5.74) is -0.302. The maximum Gasteiger partial charge on any atom is 0.300 e. The van der Waals surface area contributed by atoms with Gasteiger partial charge in [-0.2, -0.15) is 8.78 Å². The SMILES string of the molecule is CC(C)C(=O)Nc1cc(C(=O)Nc2ccccc2C(F)(F)c2ccccc2)ccn1. The first-order chi connectivity index (χ1) is 14.3. The third-order valence-corrected chi connectivity index (χ3v) is 4.45. The standard InChI is InChI=1S/C23H21F2N3O2/c1-15(2)21(29)28-20-14-16(12-13-26-20)22(30)27-19-11-7-6-10-18(19)23(24,25)17-8-4-3-5-9-17/h3-15H,1-2H3,(H,27,30)(H,26,28,29). The van der Waals surface area contributed by atoms with Gasteiger partial charge in [-0.15, -0.1) is 0 Å².